The molecule has 0 saturated heterocycles. The summed E-state index contributed by atoms with van der Waals surface area (Å²) in [4.78, 5) is 7.98. The summed E-state index contributed by atoms with van der Waals surface area (Å²) in [6.07, 6.45) is 4.80. The van der Waals surface area contributed by atoms with Gasteiger partial charge in [0.2, 0.25) is 0 Å². The number of aryl methyl sites for hydroxylation is 1. The molecule has 2 atom stereocenters. The molecule has 5 heteroatoms. The molecule has 9 aromatic rings. The van der Waals surface area contributed by atoms with Crippen LogP contribution in [0.2, 0.25) is 0 Å². The largest absolute Gasteiger partial charge is 0.334 e. The average molecular weight is 928 g/mol. The van der Waals surface area contributed by atoms with Crippen molar-refractivity contribution in [2.75, 3.05) is 14.7 Å². The van der Waals surface area contributed by atoms with E-state index in [0.29, 0.717) is 0 Å². The molecule has 1 fully saturated rings. The summed E-state index contributed by atoms with van der Waals surface area (Å²) in [6.45, 7) is 21.4. The third-order valence-corrected chi connectivity index (χ3v) is 18.3. The van der Waals surface area contributed by atoms with Crippen molar-refractivity contribution in [3.05, 3.63) is 186 Å². The second kappa shape index (κ2) is 15.2. The third-order valence-electron chi connectivity index (χ3n) is 17.1. The van der Waals surface area contributed by atoms with Gasteiger partial charge in [0.25, 0.3) is 6.71 Å². The Morgan fingerprint density at radius 3 is 1.89 bits per heavy atom. The summed E-state index contributed by atoms with van der Waals surface area (Å²) in [5, 5.41) is 2.65. The standard InChI is InChI=1S/C65H62BN3S/c1-41-35-57-61-58(36-41)68(47-27-29-50-49-19-13-14-20-59(49)70-60(50)40-47)56-39-48(69-54-31-21-43(42-17-11-10-12-18-42)37-51(54)64(8)33-15-16-34-65(64,69)9)28-30-52(56)66(61)53-38-45(63(5,6)7)24-32-55(53)67(57)46-25-22-44(23-26-46)62(2,3)4/h10-14,17-32,35-40H,15-16,33-34H2,1-9H3. The lowest BCUT2D eigenvalue weighted by atomic mass is 9.33. The zero-order valence-electron chi connectivity index (χ0n) is 42.2. The van der Waals surface area contributed by atoms with Crippen LogP contribution in [0.3, 0.4) is 0 Å². The van der Waals surface area contributed by atoms with Crippen molar-refractivity contribution in [3.63, 3.8) is 0 Å². The lowest BCUT2D eigenvalue weighted by Crippen LogP contribution is -2.61. The van der Waals surface area contributed by atoms with Gasteiger partial charge in [-0.25, -0.2) is 0 Å². The molecule has 0 spiro atoms. The smallest absolute Gasteiger partial charge is 0.252 e. The molecule has 1 aliphatic carbocycles. The molecule has 3 aliphatic heterocycles. The van der Waals surface area contributed by atoms with E-state index in [1.165, 1.54) is 135 Å². The Labute approximate surface area is 419 Å². The van der Waals surface area contributed by atoms with Crippen molar-refractivity contribution in [1.29, 1.82) is 0 Å². The van der Waals surface area contributed by atoms with Gasteiger partial charge in [-0.1, -0.05) is 152 Å². The molecule has 0 radical (unpaired) electrons. The van der Waals surface area contributed by atoms with Crippen LogP contribution in [0.4, 0.5) is 45.5 Å². The highest BCUT2D eigenvalue weighted by Gasteiger charge is 2.58. The Bertz CT molecular complexity index is 3590. The summed E-state index contributed by atoms with van der Waals surface area (Å²) in [5.74, 6) is 0. The lowest BCUT2D eigenvalue weighted by Gasteiger charge is -2.50. The molecule has 70 heavy (non-hydrogen) atoms. The minimum Gasteiger partial charge on any atom is -0.334 e. The SMILES string of the molecule is Cc1cc2c3c(c1)N(c1ccc4c(c1)sc1ccccc14)c1cc(N4c5ccc(-c6ccccc6)cc5C5(C)CCCCC45C)ccc1B3c1cc(C(C)(C)C)ccc1N2c1ccc(C(C)(C)C)cc1. The summed E-state index contributed by atoms with van der Waals surface area (Å²) in [6, 6.07) is 63.7. The monoisotopic (exact) mass is 927 g/mol. The minimum atomic E-state index is -0.101. The van der Waals surface area contributed by atoms with Gasteiger partial charge >= 0.3 is 0 Å². The molecule has 1 aromatic heterocycles. The van der Waals surface area contributed by atoms with Crippen molar-refractivity contribution in [2.45, 2.75) is 110 Å². The van der Waals surface area contributed by atoms with E-state index in [4.69, 9.17) is 0 Å². The molecule has 13 rings (SSSR count). The number of nitrogens with zero attached hydrogens (tertiary/aromatic N) is 3. The predicted octanol–water partition coefficient (Wildman–Crippen LogP) is 16.4. The molecule has 4 heterocycles. The molecule has 4 aliphatic rings. The van der Waals surface area contributed by atoms with Crippen molar-refractivity contribution in [2.24, 2.45) is 0 Å². The molecule has 8 aromatic carbocycles. The van der Waals surface area contributed by atoms with Gasteiger partial charge in [0.15, 0.2) is 0 Å². The second-order valence-corrected chi connectivity index (χ2v) is 24.5. The number of hydrogen-bond donors (Lipinski definition) is 0. The van der Waals surface area contributed by atoms with E-state index < -0.39 is 0 Å². The molecular weight excluding hydrogens is 866 g/mol. The highest BCUT2D eigenvalue weighted by molar-refractivity contribution is 7.25. The maximum atomic E-state index is 2.77. The molecule has 3 nitrogen and oxygen atoms in total. The maximum Gasteiger partial charge on any atom is 0.252 e. The quantitative estimate of drug-likeness (QED) is 0.163. The highest BCUT2D eigenvalue weighted by atomic mass is 32.1. The minimum absolute atomic E-state index is 0.00794. The lowest BCUT2D eigenvalue weighted by molar-refractivity contribution is 0.195. The first-order valence-electron chi connectivity index (χ1n) is 25.7. The van der Waals surface area contributed by atoms with Gasteiger partial charge in [-0.2, -0.15) is 0 Å². The fourth-order valence-electron chi connectivity index (χ4n) is 13.2. The van der Waals surface area contributed by atoms with Gasteiger partial charge < -0.3 is 14.7 Å². The summed E-state index contributed by atoms with van der Waals surface area (Å²) in [5.41, 5.74) is 22.1. The molecular formula is C65H62BN3S. The molecule has 346 valence electrons. The Kier molecular flexibility index (Phi) is 9.45. The second-order valence-electron chi connectivity index (χ2n) is 23.4. The van der Waals surface area contributed by atoms with E-state index in [-0.39, 0.29) is 28.5 Å². The van der Waals surface area contributed by atoms with Crippen molar-refractivity contribution < 1.29 is 0 Å². The van der Waals surface area contributed by atoms with Gasteiger partial charge in [0, 0.05) is 71.1 Å². The van der Waals surface area contributed by atoms with E-state index >= 15 is 0 Å². The van der Waals surface area contributed by atoms with Gasteiger partial charge in [0.05, 0.1) is 5.54 Å². The zero-order chi connectivity index (χ0) is 48.1. The van der Waals surface area contributed by atoms with Crippen LogP contribution in [-0.2, 0) is 16.2 Å². The molecule has 0 bridgehead atoms. The van der Waals surface area contributed by atoms with E-state index in [1.54, 1.807) is 0 Å². The van der Waals surface area contributed by atoms with Gasteiger partial charge in [-0.05, 0) is 160 Å². The normalized spacial score (nSPS) is 19.3. The van der Waals surface area contributed by atoms with Crippen LogP contribution in [0.25, 0.3) is 31.3 Å². The van der Waals surface area contributed by atoms with Crippen LogP contribution in [0, 0.1) is 6.92 Å². The highest BCUT2D eigenvalue weighted by Crippen LogP contribution is 2.62. The number of fused-ring (bicyclic) bond motifs is 10. The predicted molar refractivity (Wildman–Crippen MR) is 304 cm³/mol. The Morgan fingerprint density at radius 1 is 0.486 bits per heavy atom. The van der Waals surface area contributed by atoms with Crippen LogP contribution in [-0.4, -0.2) is 12.3 Å². The van der Waals surface area contributed by atoms with Crippen molar-refractivity contribution in [1.82, 2.24) is 0 Å². The van der Waals surface area contributed by atoms with Crippen LogP contribution in [0.15, 0.2) is 164 Å². The zero-order valence-corrected chi connectivity index (χ0v) is 43.1. The molecule has 0 amide bonds. The third kappa shape index (κ3) is 6.32. The number of thiophene rings is 1. The first-order valence-corrected chi connectivity index (χ1v) is 26.5. The fourth-order valence-corrected chi connectivity index (χ4v) is 14.3. The van der Waals surface area contributed by atoms with E-state index in [2.05, 4.69) is 241 Å². The number of benzene rings is 8. The van der Waals surface area contributed by atoms with Crippen LogP contribution in [0.5, 0.6) is 0 Å². The van der Waals surface area contributed by atoms with Crippen molar-refractivity contribution in [3.8, 4) is 11.1 Å². The van der Waals surface area contributed by atoms with E-state index in [9.17, 15) is 0 Å². The van der Waals surface area contributed by atoms with Crippen LogP contribution in [0.1, 0.15) is 103 Å². The molecule has 1 saturated carbocycles. The number of anilines is 8. The number of rotatable bonds is 4. The van der Waals surface area contributed by atoms with Crippen LogP contribution >= 0.6 is 11.3 Å². The maximum absolute atomic E-state index is 2.77. The van der Waals surface area contributed by atoms with E-state index in [1.807, 2.05) is 11.3 Å². The Morgan fingerprint density at radius 2 is 1.13 bits per heavy atom. The van der Waals surface area contributed by atoms with Gasteiger partial charge in [0.1, 0.15) is 0 Å². The summed E-state index contributed by atoms with van der Waals surface area (Å²) >= 11 is 1.90. The van der Waals surface area contributed by atoms with Crippen molar-refractivity contribution >= 4 is 100 Å². The topological polar surface area (TPSA) is 9.72 Å². The van der Waals surface area contributed by atoms with E-state index in [0.717, 1.165) is 6.42 Å². The number of hydrogen-bond acceptors (Lipinski definition) is 4. The first-order chi connectivity index (χ1) is 33.6. The molecule has 2 unspecified atom stereocenters. The average Bonchev–Trinajstić information content (AvgIpc) is 3.82. The fraction of sp³-hybridized carbons (Fsp3) is 0.262. The Hall–Kier alpha value is -6.56. The van der Waals surface area contributed by atoms with Gasteiger partial charge in [-0.15, -0.1) is 11.3 Å². The summed E-state index contributed by atoms with van der Waals surface area (Å²) < 4.78 is 2.64. The Balaban J connectivity index is 1.07. The first kappa shape index (κ1) is 43.5. The molecule has 0 N–H and O–H groups in total. The van der Waals surface area contributed by atoms with Crippen LogP contribution < -0.4 is 31.1 Å². The van der Waals surface area contributed by atoms with Gasteiger partial charge in [-0.3, -0.25) is 0 Å². The summed E-state index contributed by atoms with van der Waals surface area (Å²) in [7, 11) is 0.